The maximum atomic E-state index is 11.1. The molecule has 0 saturated heterocycles. The molecule has 2 aromatic carbocycles. The molecule has 4 bridgehead atoms. The average molecular weight is 477 g/mol. The molecule has 4 aliphatic rings. The van der Waals surface area contributed by atoms with Crippen LogP contribution in [0.3, 0.4) is 0 Å². The van der Waals surface area contributed by atoms with Crippen molar-refractivity contribution in [2.45, 2.75) is 43.9 Å². The summed E-state index contributed by atoms with van der Waals surface area (Å²) in [6.07, 6.45) is 7.73. The summed E-state index contributed by atoms with van der Waals surface area (Å²) in [5.74, 6) is 8.12. The number of hydrogen-bond acceptors (Lipinski definition) is 5. The highest BCUT2D eigenvalue weighted by molar-refractivity contribution is 5.90. The Morgan fingerprint density at radius 2 is 1.60 bits per heavy atom. The van der Waals surface area contributed by atoms with Crippen LogP contribution in [0.1, 0.15) is 65.6 Å². The Morgan fingerprint density at radius 3 is 2.20 bits per heavy atom. The Kier molecular flexibility index (Phi) is 6.73. The van der Waals surface area contributed by atoms with Gasteiger partial charge in [0.25, 0.3) is 0 Å². The number of aromatic carboxylic acids is 1. The second kappa shape index (κ2) is 9.93. The number of methoxy groups -OCH3 is 1. The van der Waals surface area contributed by atoms with E-state index in [1.807, 2.05) is 12.1 Å². The number of rotatable bonds is 8. The van der Waals surface area contributed by atoms with Crippen molar-refractivity contribution in [1.29, 1.82) is 0 Å². The average Bonchev–Trinajstić information content (AvgIpc) is 2.82. The van der Waals surface area contributed by atoms with Crippen LogP contribution in [-0.4, -0.2) is 43.3 Å². The molecular weight excluding hydrogens is 444 g/mol. The quantitative estimate of drug-likeness (QED) is 0.318. The maximum absolute atomic E-state index is 11.1. The number of phenols is 1. The monoisotopic (exact) mass is 476 g/mol. The second-order valence-electron chi connectivity index (χ2n) is 10.4. The number of benzene rings is 2. The lowest BCUT2D eigenvalue weighted by molar-refractivity contribution is -0.0189. The molecule has 6 nitrogen and oxygen atoms in total. The molecule has 4 aliphatic carbocycles. The first-order chi connectivity index (χ1) is 17.0. The van der Waals surface area contributed by atoms with Gasteiger partial charge in [0.1, 0.15) is 17.1 Å². The van der Waals surface area contributed by atoms with Crippen molar-refractivity contribution in [1.82, 2.24) is 0 Å². The Morgan fingerprint density at radius 1 is 0.971 bits per heavy atom. The Bertz CT molecular complexity index is 1120. The molecule has 0 aliphatic heterocycles. The van der Waals surface area contributed by atoms with Crippen molar-refractivity contribution in [2.24, 2.45) is 17.8 Å². The number of carboxylic acid groups (broad SMARTS) is 1. The van der Waals surface area contributed by atoms with Crippen molar-refractivity contribution in [3.05, 3.63) is 58.7 Å². The van der Waals surface area contributed by atoms with Crippen molar-refractivity contribution in [3.8, 4) is 23.3 Å². The zero-order valence-electron chi connectivity index (χ0n) is 20.1. The third kappa shape index (κ3) is 5.03. The number of aromatic hydroxyl groups is 1. The molecule has 2 aromatic rings. The summed E-state index contributed by atoms with van der Waals surface area (Å²) in [4.78, 5) is 11.1. The van der Waals surface area contributed by atoms with E-state index >= 15 is 0 Å². The Balaban J connectivity index is 1.43. The smallest absolute Gasteiger partial charge is 0.339 e. The topological polar surface area (TPSA) is 85.2 Å². The molecular formula is C29H32O6. The molecule has 2 N–H and O–H groups in total. The molecule has 6 rings (SSSR count). The summed E-state index contributed by atoms with van der Waals surface area (Å²) in [5, 5.41) is 19.1. The predicted molar refractivity (Wildman–Crippen MR) is 131 cm³/mol. The predicted octanol–water partition coefficient (Wildman–Crippen LogP) is 4.96. The van der Waals surface area contributed by atoms with E-state index in [-0.39, 0.29) is 23.5 Å². The van der Waals surface area contributed by atoms with Crippen LogP contribution in [0.25, 0.3) is 0 Å². The van der Waals surface area contributed by atoms with E-state index in [1.54, 1.807) is 13.2 Å². The van der Waals surface area contributed by atoms with E-state index in [2.05, 4.69) is 17.9 Å². The molecule has 6 heteroatoms. The minimum Gasteiger partial charge on any atom is -0.507 e. The van der Waals surface area contributed by atoms with Crippen molar-refractivity contribution < 1.29 is 29.2 Å². The van der Waals surface area contributed by atoms with E-state index < -0.39 is 5.97 Å². The lowest BCUT2D eigenvalue weighted by Crippen LogP contribution is -2.48. The number of carbonyl (C=O) groups is 1. The summed E-state index contributed by atoms with van der Waals surface area (Å²) in [6, 6.07) is 10.5. The van der Waals surface area contributed by atoms with Crippen molar-refractivity contribution >= 4 is 5.97 Å². The first-order valence-corrected chi connectivity index (χ1v) is 12.4. The van der Waals surface area contributed by atoms with Crippen LogP contribution in [0.4, 0.5) is 0 Å². The summed E-state index contributed by atoms with van der Waals surface area (Å²) >= 11 is 0. The van der Waals surface area contributed by atoms with Gasteiger partial charge >= 0.3 is 5.97 Å². The number of ether oxygens (including phenoxy) is 3. The molecule has 0 heterocycles. The van der Waals surface area contributed by atoms with Gasteiger partial charge in [0.2, 0.25) is 0 Å². The summed E-state index contributed by atoms with van der Waals surface area (Å²) < 4.78 is 16.8. The highest BCUT2D eigenvalue weighted by atomic mass is 16.7. The van der Waals surface area contributed by atoms with Crippen molar-refractivity contribution in [3.63, 3.8) is 0 Å². The van der Waals surface area contributed by atoms with E-state index in [0.29, 0.717) is 18.8 Å². The molecule has 184 valence electrons. The first kappa shape index (κ1) is 23.7. The third-order valence-electron chi connectivity index (χ3n) is 7.90. The van der Waals surface area contributed by atoms with Gasteiger partial charge in [0, 0.05) is 23.8 Å². The Hall–Kier alpha value is -3.01. The van der Waals surface area contributed by atoms with Gasteiger partial charge in [-0.25, -0.2) is 4.79 Å². The van der Waals surface area contributed by atoms with E-state index in [0.717, 1.165) is 29.1 Å². The van der Waals surface area contributed by atoms with Crippen LogP contribution in [0, 0.1) is 29.6 Å². The summed E-state index contributed by atoms with van der Waals surface area (Å²) in [6.45, 7) is 1.20. The fraction of sp³-hybridized carbons (Fsp3) is 0.483. The van der Waals surface area contributed by atoms with Crippen LogP contribution < -0.4 is 4.74 Å². The lowest BCUT2D eigenvalue weighted by atomic mass is 9.48. The van der Waals surface area contributed by atoms with Crippen LogP contribution in [-0.2, 0) is 14.9 Å². The van der Waals surface area contributed by atoms with Crippen LogP contribution in [0.15, 0.2) is 36.4 Å². The fourth-order valence-corrected chi connectivity index (χ4v) is 6.83. The van der Waals surface area contributed by atoms with Gasteiger partial charge < -0.3 is 24.4 Å². The van der Waals surface area contributed by atoms with Gasteiger partial charge in [-0.15, -0.1) is 0 Å². The Labute approximate surface area is 206 Å². The fourth-order valence-electron chi connectivity index (χ4n) is 6.83. The molecule has 0 amide bonds. The second-order valence-corrected chi connectivity index (χ2v) is 10.4. The molecule has 0 atom stereocenters. The van der Waals surface area contributed by atoms with Crippen LogP contribution in [0.2, 0.25) is 0 Å². The summed E-state index contributed by atoms with van der Waals surface area (Å²) in [5.41, 5.74) is 2.69. The van der Waals surface area contributed by atoms with E-state index in [4.69, 9.17) is 19.3 Å². The number of carboxylic acids is 1. The minimum atomic E-state index is -1.16. The highest BCUT2D eigenvalue weighted by Crippen LogP contribution is 2.61. The zero-order chi connectivity index (χ0) is 24.4. The molecule has 0 spiro atoms. The van der Waals surface area contributed by atoms with E-state index in [1.165, 1.54) is 56.2 Å². The maximum Gasteiger partial charge on any atom is 0.339 e. The minimum absolute atomic E-state index is 0.131. The molecule has 4 fully saturated rings. The molecule has 0 unspecified atom stereocenters. The molecule has 35 heavy (non-hydrogen) atoms. The SMILES string of the molecule is COCCOCOc1ccc(C#Cc2ccc(C(=O)O)c(O)c2)cc1C12CC3CC(CC(C3)C1)C2. The first-order valence-electron chi connectivity index (χ1n) is 12.4. The van der Waals surface area contributed by atoms with Gasteiger partial charge in [0.05, 0.1) is 13.2 Å². The van der Waals surface area contributed by atoms with Crippen LogP contribution in [0.5, 0.6) is 11.5 Å². The van der Waals surface area contributed by atoms with Crippen molar-refractivity contribution in [2.75, 3.05) is 27.1 Å². The molecule has 0 aromatic heterocycles. The third-order valence-corrected chi connectivity index (χ3v) is 7.90. The molecule has 0 radical (unpaired) electrons. The van der Waals surface area contributed by atoms with Gasteiger partial charge in [-0.2, -0.15) is 0 Å². The van der Waals surface area contributed by atoms with Gasteiger partial charge in [-0.1, -0.05) is 11.8 Å². The molecule has 4 saturated carbocycles. The largest absolute Gasteiger partial charge is 0.507 e. The lowest BCUT2D eigenvalue weighted by Gasteiger charge is -2.57. The van der Waals surface area contributed by atoms with Gasteiger partial charge in [-0.3, -0.25) is 0 Å². The van der Waals surface area contributed by atoms with Crippen LogP contribution >= 0.6 is 0 Å². The highest BCUT2D eigenvalue weighted by Gasteiger charge is 2.52. The standard InChI is InChI=1S/C29H32O6/c1-33-8-9-34-18-35-27-7-5-19(2-3-20-4-6-24(28(31)32)26(30)14-20)13-25(27)29-15-21-10-22(16-29)12-23(11-21)17-29/h4-7,13-14,21-23,30H,8-12,15-18H2,1H3,(H,31,32). The van der Waals surface area contributed by atoms with Gasteiger partial charge in [0.15, 0.2) is 6.79 Å². The van der Waals surface area contributed by atoms with E-state index in [9.17, 15) is 9.90 Å². The normalized spacial score (nSPS) is 26.3. The zero-order valence-corrected chi connectivity index (χ0v) is 20.1. The number of hydrogen-bond donors (Lipinski definition) is 2. The summed E-state index contributed by atoms with van der Waals surface area (Å²) in [7, 11) is 1.65. The van der Waals surface area contributed by atoms with Gasteiger partial charge in [-0.05, 0) is 98.1 Å².